The molecule has 3 atom stereocenters. The maximum absolute atomic E-state index is 12.7. The van der Waals surface area contributed by atoms with Gasteiger partial charge in [0.15, 0.2) is 5.96 Å². The molecular weight excluding hydrogens is 442 g/mol. The summed E-state index contributed by atoms with van der Waals surface area (Å²) in [6.07, 6.45) is -1.01. The molecule has 0 fully saturated rings. The number of rotatable bonds is 16. The molecule has 186 valence electrons. The topological polar surface area (TPSA) is 301 Å². The first-order valence-corrected chi connectivity index (χ1v) is 9.82. The summed E-state index contributed by atoms with van der Waals surface area (Å²) in [6, 6.07) is -4.20. The molecule has 14 N–H and O–H groups in total. The number of carboxylic acid groups (broad SMARTS) is 1. The van der Waals surface area contributed by atoms with Crippen molar-refractivity contribution in [3.05, 3.63) is 0 Å². The number of primary amides is 2. The number of nitrogens with two attached hydrogens (primary N) is 5. The molecule has 16 nitrogen and oxygen atoms in total. The number of nitrogens with one attached hydrogen (secondary N) is 3. The standard InChI is InChI=1S/C17H31N9O7/c18-7-13(29)24-10(6-12(20)28)15(31)25-8(3-4-11(19)27)14(30)26-9(16(32)33)2-1-5-23-17(21)22/h8-10H,1-7,18H2,(H2,19,27)(H2,20,28)(H,24,29)(H,25,31)(H,26,30)(H,32,33)(H4,21,22,23). The fraction of sp³-hybridized carbons (Fsp3) is 0.588. The Balaban J connectivity index is 5.41. The number of carbonyl (C=O) groups excluding carboxylic acids is 5. The van der Waals surface area contributed by atoms with Gasteiger partial charge in [-0.3, -0.25) is 29.0 Å². The molecule has 0 aliphatic carbocycles. The average Bonchev–Trinajstić information content (AvgIpc) is 2.71. The molecule has 0 aromatic rings. The van der Waals surface area contributed by atoms with Gasteiger partial charge in [-0.05, 0) is 19.3 Å². The number of aliphatic carboxylic acids is 1. The largest absolute Gasteiger partial charge is 0.480 e. The van der Waals surface area contributed by atoms with E-state index in [2.05, 4.69) is 20.9 Å². The van der Waals surface area contributed by atoms with Crippen LogP contribution >= 0.6 is 0 Å². The van der Waals surface area contributed by atoms with Crippen LogP contribution in [-0.2, 0) is 28.8 Å². The van der Waals surface area contributed by atoms with E-state index in [1.807, 2.05) is 0 Å². The predicted octanol–water partition coefficient (Wildman–Crippen LogP) is -5.32. The Bertz CT molecular complexity index is 768. The van der Waals surface area contributed by atoms with Crippen LogP contribution in [-0.4, -0.2) is 77.8 Å². The number of amides is 5. The van der Waals surface area contributed by atoms with Crippen LogP contribution < -0.4 is 44.6 Å². The molecule has 5 amide bonds. The third kappa shape index (κ3) is 13.1. The van der Waals surface area contributed by atoms with E-state index in [-0.39, 0.29) is 38.2 Å². The molecule has 0 aliphatic heterocycles. The lowest BCUT2D eigenvalue weighted by molar-refractivity contribution is -0.142. The van der Waals surface area contributed by atoms with Gasteiger partial charge in [0.05, 0.1) is 13.0 Å². The van der Waals surface area contributed by atoms with E-state index in [4.69, 9.17) is 28.7 Å². The zero-order valence-electron chi connectivity index (χ0n) is 17.9. The van der Waals surface area contributed by atoms with E-state index in [0.717, 1.165) is 0 Å². The number of guanidine groups is 1. The molecule has 0 radical (unpaired) electrons. The summed E-state index contributed by atoms with van der Waals surface area (Å²) in [5.41, 5.74) is 25.7. The minimum atomic E-state index is -1.45. The van der Waals surface area contributed by atoms with Crippen LogP contribution in [0.15, 0.2) is 4.99 Å². The summed E-state index contributed by atoms with van der Waals surface area (Å²) in [4.78, 5) is 74.3. The number of nitrogens with zero attached hydrogens (tertiary/aromatic N) is 1. The molecule has 16 heteroatoms. The van der Waals surface area contributed by atoms with E-state index >= 15 is 0 Å². The Morgan fingerprint density at radius 2 is 1.36 bits per heavy atom. The Morgan fingerprint density at radius 1 is 0.788 bits per heavy atom. The SMILES string of the molecule is NCC(=O)NC(CC(N)=O)C(=O)NC(CCC(N)=O)C(=O)NC(CCCN=C(N)N)C(=O)O. The highest BCUT2D eigenvalue weighted by Gasteiger charge is 2.30. The average molecular weight is 473 g/mol. The summed E-state index contributed by atoms with van der Waals surface area (Å²) in [7, 11) is 0. The third-order valence-corrected chi connectivity index (χ3v) is 4.11. The van der Waals surface area contributed by atoms with E-state index in [0.29, 0.717) is 0 Å². The molecule has 33 heavy (non-hydrogen) atoms. The Hall–Kier alpha value is -3.95. The molecule has 0 spiro atoms. The molecule has 0 aromatic heterocycles. The van der Waals surface area contributed by atoms with Crippen LogP contribution in [0.2, 0.25) is 0 Å². The molecule has 0 rings (SSSR count). The Morgan fingerprint density at radius 3 is 1.85 bits per heavy atom. The lowest BCUT2D eigenvalue weighted by Gasteiger charge is -2.24. The van der Waals surface area contributed by atoms with E-state index < -0.39 is 66.6 Å². The van der Waals surface area contributed by atoms with Crippen LogP contribution in [0.25, 0.3) is 0 Å². The monoisotopic (exact) mass is 473 g/mol. The Kier molecular flexibility index (Phi) is 13.2. The lowest BCUT2D eigenvalue weighted by Crippen LogP contribution is -2.57. The second-order valence-corrected chi connectivity index (χ2v) is 6.91. The lowest BCUT2D eigenvalue weighted by atomic mass is 10.1. The fourth-order valence-electron chi connectivity index (χ4n) is 2.52. The van der Waals surface area contributed by atoms with Crippen molar-refractivity contribution in [1.29, 1.82) is 0 Å². The second-order valence-electron chi connectivity index (χ2n) is 6.91. The van der Waals surface area contributed by atoms with Gasteiger partial charge < -0.3 is 49.7 Å². The molecule has 3 unspecified atom stereocenters. The maximum atomic E-state index is 12.7. The highest BCUT2D eigenvalue weighted by atomic mass is 16.4. The number of aliphatic imine (C=N–C) groups is 1. The summed E-state index contributed by atoms with van der Waals surface area (Å²) < 4.78 is 0. The number of carboxylic acids is 1. The van der Waals surface area contributed by atoms with Crippen molar-refractivity contribution in [1.82, 2.24) is 16.0 Å². The molecule has 0 saturated heterocycles. The van der Waals surface area contributed by atoms with Gasteiger partial charge in [0, 0.05) is 13.0 Å². The van der Waals surface area contributed by atoms with E-state index in [1.165, 1.54) is 0 Å². The smallest absolute Gasteiger partial charge is 0.326 e. The Labute approximate surface area is 189 Å². The van der Waals surface area contributed by atoms with Crippen LogP contribution in [0, 0.1) is 0 Å². The van der Waals surface area contributed by atoms with Gasteiger partial charge in [0.25, 0.3) is 0 Å². The van der Waals surface area contributed by atoms with Crippen molar-refractivity contribution in [2.24, 2.45) is 33.7 Å². The normalized spacial score (nSPS) is 13.0. The molecule has 0 saturated carbocycles. The summed E-state index contributed by atoms with van der Waals surface area (Å²) in [5.74, 6) is -5.89. The van der Waals surface area contributed by atoms with Crippen molar-refractivity contribution in [2.45, 2.75) is 50.2 Å². The van der Waals surface area contributed by atoms with Gasteiger partial charge in [-0.2, -0.15) is 0 Å². The van der Waals surface area contributed by atoms with E-state index in [9.17, 15) is 33.9 Å². The van der Waals surface area contributed by atoms with Crippen molar-refractivity contribution in [2.75, 3.05) is 13.1 Å². The van der Waals surface area contributed by atoms with E-state index in [1.54, 1.807) is 0 Å². The maximum Gasteiger partial charge on any atom is 0.326 e. The summed E-state index contributed by atoms with van der Waals surface area (Å²) in [6.45, 7) is -0.353. The first-order chi connectivity index (χ1) is 15.4. The minimum Gasteiger partial charge on any atom is -0.480 e. The number of hydrogen-bond acceptors (Lipinski definition) is 8. The van der Waals surface area contributed by atoms with Gasteiger partial charge >= 0.3 is 5.97 Å². The molecule has 0 heterocycles. The number of carbonyl (C=O) groups is 6. The highest BCUT2D eigenvalue weighted by molar-refractivity contribution is 5.95. The quantitative estimate of drug-likeness (QED) is 0.0582. The van der Waals surface area contributed by atoms with Crippen LogP contribution in [0.5, 0.6) is 0 Å². The molecule has 0 aromatic carbocycles. The van der Waals surface area contributed by atoms with Crippen molar-refractivity contribution in [3.8, 4) is 0 Å². The number of hydrogen-bond donors (Lipinski definition) is 9. The zero-order valence-corrected chi connectivity index (χ0v) is 17.9. The zero-order chi connectivity index (χ0) is 25.6. The summed E-state index contributed by atoms with van der Waals surface area (Å²) >= 11 is 0. The molecule has 0 bridgehead atoms. The fourth-order valence-corrected chi connectivity index (χ4v) is 2.52. The summed E-state index contributed by atoms with van der Waals surface area (Å²) in [5, 5.41) is 16.1. The van der Waals surface area contributed by atoms with Crippen molar-refractivity contribution < 1.29 is 33.9 Å². The van der Waals surface area contributed by atoms with Gasteiger partial charge in [-0.25, -0.2) is 4.79 Å². The highest BCUT2D eigenvalue weighted by Crippen LogP contribution is 2.04. The van der Waals surface area contributed by atoms with Crippen LogP contribution in [0.3, 0.4) is 0 Å². The van der Waals surface area contributed by atoms with Crippen LogP contribution in [0.4, 0.5) is 0 Å². The molecular formula is C17H31N9O7. The van der Waals surface area contributed by atoms with Gasteiger partial charge in [0.1, 0.15) is 18.1 Å². The predicted molar refractivity (Wildman–Crippen MR) is 115 cm³/mol. The van der Waals surface area contributed by atoms with Crippen molar-refractivity contribution >= 4 is 41.5 Å². The third-order valence-electron chi connectivity index (χ3n) is 4.11. The van der Waals surface area contributed by atoms with Crippen molar-refractivity contribution in [3.63, 3.8) is 0 Å². The van der Waals surface area contributed by atoms with Crippen LogP contribution in [0.1, 0.15) is 32.1 Å². The first-order valence-electron chi connectivity index (χ1n) is 9.82. The van der Waals surface area contributed by atoms with Gasteiger partial charge in [-0.15, -0.1) is 0 Å². The second kappa shape index (κ2) is 15.0. The minimum absolute atomic E-state index is 0.0365. The van der Waals surface area contributed by atoms with Gasteiger partial charge in [-0.1, -0.05) is 0 Å². The van der Waals surface area contributed by atoms with Gasteiger partial charge in [0.2, 0.25) is 29.5 Å². The molecule has 0 aliphatic rings. The first kappa shape index (κ1) is 29.1.